The van der Waals surface area contributed by atoms with Crippen LogP contribution in [0.15, 0.2) is 12.3 Å². The molecular formula is C12H21N3O2. The smallest absolute Gasteiger partial charge is 0.123 e. The van der Waals surface area contributed by atoms with Crippen molar-refractivity contribution in [2.75, 3.05) is 26.2 Å². The van der Waals surface area contributed by atoms with Crippen LogP contribution in [0.25, 0.3) is 0 Å². The molecule has 1 aliphatic heterocycles. The van der Waals surface area contributed by atoms with Gasteiger partial charge < -0.3 is 9.84 Å². The molecule has 5 nitrogen and oxygen atoms in total. The number of rotatable bonds is 4. The fourth-order valence-corrected chi connectivity index (χ4v) is 2.26. The second-order valence-corrected chi connectivity index (χ2v) is 4.32. The lowest BCUT2D eigenvalue weighted by atomic mass is 10.1. The monoisotopic (exact) mass is 239 g/mol. The molecule has 2 unspecified atom stereocenters. The van der Waals surface area contributed by atoms with Gasteiger partial charge in [0.1, 0.15) is 12.2 Å². The van der Waals surface area contributed by atoms with Gasteiger partial charge in [0.2, 0.25) is 0 Å². The largest absolute Gasteiger partial charge is 0.384 e. The number of aromatic nitrogens is 2. The Labute approximate surface area is 102 Å². The molecule has 0 spiro atoms. The predicted octanol–water partition coefficient (Wildman–Crippen LogP) is 0.657. The minimum absolute atomic E-state index is 0.148. The van der Waals surface area contributed by atoms with Gasteiger partial charge in [0.15, 0.2) is 0 Å². The summed E-state index contributed by atoms with van der Waals surface area (Å²) in [5, 5.41) is 14.5. The molecule has 0 aromatic carbocycles. The standard InChI is InChI=1S/C12H21N3O2/c1-3-14-7-8-17-11(9-14)12(16)10-5-6-13-15(10)4-2/h5-6,11-12,16H,3-4,7-9H2,1-2H3. The third-order valence-corrected chi connectivity index (χ3v) is 3.33. The Hall–Kier alpha value is -0.910. The van der Waals surface area contributed by atoms with E-state index >= 15 is 0 Å². The van der Waals surface area contributed by atoms with Gasteiger partial charge >= 0.3 is 0 Å². The van der Waals surface area contributed by atoms with Crippen LogP contribution in [-0.4, -0.2) is 52.1 Å². The van der Waals surface area contributed by atoms with E-state index in [4.69, 9.17) is 4.74 Å². The second-order valence-electron chi connectivity index (χ2n) is 4.32. The maximum atomic E-state index is 10.3. The molecular weight excluding hydrogens is 218 g/mol. The molecule has 0 amide bonds. The van der Waals surface area contributed by atoms with E-state index in [9.17, 15) is 5.11 Å². The van der Waals surface area contributed by atoms with Crippen LogP contribution in [0.3, 0.4) is 0 Å². The molecule has 1 saturated heterocycles. The first-order valence-corrected chi connectivity index (χ1v) is 6.30. The van der Waals surface area contributed by atoms with Crippen LogP contribution in [0.2, 0.25) is 0 Å². The molecule has 0 saturated carbocycles. The molecule has 0 bridgehead atoms. The Bertz CT molecular complexity index is 353. The minimum Gasteiger partial charge on any atom is -0.384 e. The van der Waals surface area contributed by atoms with Gasteiger partial charge in [-0.25, -0.2) is 0 Å². The average Bonchev–Trinajstić information content (AvgIpc) is 2.86. The molecule has 1 aromatic heterocycles. The van der Waals surface area contributed by atoms with E-state index < -0.39 is 6.10 Å². The molecule has 5 heteroatoms. The number of nitrogens with zero attached hydrogens (tertiary/aromatic N) is 3. The number of ether oxygens (including phenoxy) is 1. The summed E-state index contributed by atoms with van der Waals surface area (Å²) in [6, 6.07) is 1.86. The van der Waals surface area contributed by atoms with E-state index in [2.05, 4.69) is 16.9 Å². The molecule has 17 heavy (non-hydrogen) atoms. The van der Waals surface area contributed by atoms with Gasteiger partial charge in [0.05, 0.1) is 12.3 Å². The van der Waals surface area contributed by atoms with Crippen LogP contribution >= 0.6 is 0 Å². The highest BCUT2D eigenvalue weighted by Crippen LogP contribution is 2.22. The van der Waals surface area contributed by atoms with Crippen molar-refractivity contribution in [3.05, 3.63) is 18.0 Å². The topological polar surface area (TPSA) is 50.5 Å². The fraction of sp³-hybridized carbons (Fsp3) is 0.750. The number of aliphatic hydroxyl groups excluding tert-OH is 1. The van der Waals surface area contributed by atoms with E-state index in [0.717, 1.165) is 31.9 Å². The van der Waals surface area contributed by atoms with Gasteiger partial charge in [-0.3, -0.25) is 9.58 Å². The summed E-state index contributed by atoms with van der Waals surface area (Å²) in [5.41, 5.74) is 0.843. The molecule has 1 fully saturated rings. The maximum absolute atomic E-state index is 10.3. The van der Waals surface area contributed by atoms with Crippen molar-refractivity contribution in [1.82, 2.24) is 14.7 Å². The van der Waals surface area contributed by atoms with Gasteiger partial charge in [-0.1, -0.05) is 6.92 Å². The first-order chi connectivity index (χ1) is 8.26. The Morgan fingerprint density at radius 3 is 3.06 bits per heavy atom. The SMILES string of the molecule is CCN1CCOC(C(O)c2ccnn2CC)C1. The summed E-state index contributed by atoms with van der Waals surface area (Å²) >= 11 is 0. The summed E-state index contributed by atoms with van der Waals surface area (Å²) in [6.45, 7) is 8.34. The minimum atomic E-state index is -0.591. The van der Waals surface area contributed by atoms with E-state index in [1.165, 1.54) is 0 Å². The normalized spacial score (nSPS) is 23.8. The Morgan fingerprint density at radius 1 is 1.53 bits per heavy atom. The lowest BCUT2D eigenvalue weighted by Gasteiger charge is -2.34. The van der Waals surface area contributed by atoms with Crippen LogP contribution in [0.1, 0.15) is 25.6 Å². The van der Waals surface area contributed by atoms with Gasteiger partial charge in [-0.05, 0) is 19.5 Å². The molecule has 1 aliphatic rings. The summed E-state index contributed by atoms with van der Waals surface area (Å²) in [5.74, 6) is 0. The molecule has 1 aromatic rings. The summed E-state index contributed by atoms with van der Waals surface area (Å²) < 4.78 is 7.48. The van der Waals surface area contributed by atoms with Crippen molar-refractivity contribution in [2.45, 2.75) is 32.6 Å². The highest BCUT2D eigenvalue weighted by Gasteiger charge is 2.29. The zero-order valence-electron chi connectivity index (χ0n) is 10.5. The number of aliphatic hydroxyl groups is 1. The van der Waals surface area contributed by atoms with Crippen LogP contribution in [0.4, 0.5) is 0 Å². The second kappa shape index (κ2) is 5.62. The molecule has 2 rings (SSSR count). The van der Waals surface area contributed by atoms with Crippen molar-refractivity contribution >= 4 is 0 Å². The first kappa shape index (κ1) is 12.5. The number of hydrogen-bond acceptors (Lipinski definition) is 4. The van der Waals surface area contributed by atoms with Crippen LogP contribution in [-0.2, 0) is 11.3 Å². The van der Waals surface area contributed by atoms with E-state index in [-0.39, 0.29) is 6.10 Å². The van der Waals surface area contributed by atoms with Crippen LogP contribution in [0, 0.1) is 0 Å². The van der Waals surface area contributed by atoms with Gasteiger partial charge in [0.25, 0.3) is 0 Å². The molecule has 1 N–H and O–H groups in total. The van der Waals surface area contributed by atoms with Crippen molar-refractivity contribution in [3.8, 4) is 0 Å². The number of likely N-dealkylation sites (N-methyl/N-ethyl adjacent to an activating group) is 1. The van der Waals surface area contributed by atoms with E-state index in [1.54, 1.807) is 6.20 Å². The lowest BCUT2D eigenvalue weighted by molar-refractivity contribution is -0.0911. The van der Waals surface area contributed by atoms with Gasteiger partial charge in [-0.15, -0.1) is 0 Å². The van der Waals surface area contributed by atoms with Crippen molar-refractivity contribution in [3.63, 3.8) is 0 Å². The third kappa shape index (κ3) is 2.68. The fourth-order valence-electron chi connectivity index (χ4n) is 2.26. The average molecular weight is 239 g/mol. The lowest BCUT2D eigenvalue weighted by Crippen LogP contribution is -2.45. The predicted molar refractivity (Wildman–Crippen MR) is 64.7 cm³/mol. The third-order valence-electron chi connectivity index (χ3n) is 3.33. The van der Waals surface area contributed by atoms with Gasteiger partial charge in [-0.2, -0.15) is 5.10 Å². The number of aryl methyl sites for hydroxylation is 1. The molecule has 0 aliphatic carbocycles. The quantitative estimate of drug-likeness (QED) is 0.838. The molecule has 2 heterocycles. The van der Waals surface area contributed by atoms with Crippen molar-refractivity contribution in [1.29, 1.82) is 0 Å². The van der Waals surface area contributed by atoms with Crippen LogP contribution in [0.5, 0.6) is 0 Å². The zero-order valence-corrected chi connectivity index (χ0v) is 10.5. The number of morpholine rings is 1. The first-order valence-electron chi connectivity index (χ1n) is 6.30. The van der Waals surface area contributed by atoms with E-state index in [1.807, 2.05) is 17.7 Å². The van der Waals surface area contributed by atoms with Crippen molar-refractivity contribution < 1.29 is 9.84 Å². The summed E-state index contributed by atoms with van der Waals surface area (Å²) in [6.07, 6.45) is 0.986. The Morgan fingerprint density at radius 2 is 2.35 bits per heavy atom. The van der Waals surface area contributed by atoms with Crippen molar-refractivity contribution in [2.24, 2.45) is 0 Å². The van der Waals surface area contributed by atoms with Crippen LogP contribution < -0.4 is 0 Å². The van der Waals surface area contributed by atoms with Gasteiger partial charge in [0, 0.05) is 25.8 Å². The Balaban J connectivity index is 2.06. The highest BCUT2D eigenvalue weighted by molar-refractivity contribution is 5.07. The maximum Gasteiger partial charge on any atom is 0.123 e. The summed E-state index contributed by atoms with van der Waals surface area (Å²) in [4.78, 5) is 2.30. The van der Waals surface area contributed by atoms with E-state index in [0.29, 0.717) is 6.61 Å². The molecule has 0 radical (unpaired) electrons. The molecule has 96 valence electrons. The Kier molecular flexibility index (Phi) is 4.15. The summed E-state index contributed by atoms with van der Waals surface area (Å²) in [7, 11) is 0. The molecule has 2 atom stereocenters. The zero-order chi connectivity index (χ0) is 12.3. The highest BCUT2D eigenvalue weighted by atomic mass is 16.5. The number of hydrogen-bond donors (Lipinski definition) is 1.